The van der Waals surface area contributed by atoms with Crippen molar-refractivity contribution >= 4 is 34.6 Å². The summed E-state index contributed by atoms with van der Waals surface area (Å²) in [6.45, 7) is 1.30. The molecule has 7 nitrogen and oxygen atoms in total. The summed E-state index contributed by atoms with van der Waals surface area (Å²) in [5.74, 6) is 0.645. The molecule has 1 aromatic heterocycles. The van der Waals surface area contributed by atoms with Crippen LogP contribution in [0.3, 0.4) is 0 Å². The summed E-state index contributed by atoms with van der Waals surface area (Å²) < 4.78 is 13.6. The van der Waals surface area contributed by atoms with E-state index < -0.39 is 0 Å². The zero-order valence-corrected chi connectivity index (χ0v) is 17.9. The van der Waals surface area contributed by atoms with Crippen LogP contribution in [0.1, 0.15) is 40.0 Å². The second-order valence-electron chi connectivity index (χ2n) is 7.49. The SMILES string of the molecule is COc1cccc(C(=O)N(C)C2CCCN(C(=O)c3ccc4nsnc4c3)CC2)c1. The maximum absolute atomic E-state index is 13.0. The molecule has 8 heteroatoms. The van der Waals surface area contributed by atoms with Gasteiger partial charge in [-0.3, -0.25) is 9.59 Å². The number of hydrogen-bond acceptors (Lipinski definition) is 6. The van der Waals surface area contributed by atoms with Gasteiger partial charge in [-0.1, -0.05) is 6.07 Å². The first-order chi connectivity index (χ1) is 14.6. The van der Waals surface area contributed by atoms with Crippen LogP contribution in [0.15, 0.2) is 42.5 Å². The summed E-state index contributed by atoms with van der Waals surface area (Å²) in [6, 6.07) is 12.8. The maximum Gasteiger partial charge on any atom is 0.253 e. The van der Waals surface area contributed by atoms with Crippen molar-refractivity contribution in [2.24, 2.45) is 0 Å². The summed E-state index contributed by atoms with van der Waals surface area (Å²) in [6.07, 6.45) is 2.47. The zero-order valence-electron chi connectivity index (χ0n) is 17.1. The van der Waals surface area contributed by atoms with Gasteiger partial charge in [-0.15, -0.1) is 0 Å². The molecule has 30 heavy (non-hydrogen) atoms. The Morgan fingerprint density at radius 1 is 1.07 bits per heavy atom. The molecule has 0 spiro atoms. The van der Waals surface area contributed by atoms with E-state index in [4.69, 9.17) is 4.74 Å². The molecule has 0 bridgehead atoms. The van der Waals surface area contributed by atoms with Crippen LogP contribution >= 0.6 is 11.7 Å². The number of carbonyl (C=O) groups excluding carboxylic acids is 2. The molecule has 1 fully saturated rings. The first-order valence-corrected chi connectivity index (χ1v) is 10.7. The molecular weight excluding hydrogens is 400 g/mol. The lowest BCUT2D eigenvalue weighted by Gasteiger charge is -2.27. The van der Waals surface area contributed by atoms with Crippen molar-refractivity contribution in [3.05, 3.63) is 53.6 Å². The highest BCUT2D eigenvalue weighted by Crippen LogP contribution is 2.22. The Kier molecular flexibility index (Phi) is 5.94. The van der Waals surface area contributed by atoms with Crippen LogP contribution in [0.5, 0.6) is 5.75 Å². The fourth-order valence-corrected chi connectivity index (χ4v) is 4.41. The van der Waals surface area contributed by atoms with Gasteiger partial charge in [0.05, 0.1) is 18.8 Å². The predicted octanol–water partition coefficient (Wildman–Crippen LogP) is 3.47. The second kappa shape index (κ2) is 8.79. The van der Waals surface area contributed by atoms with E-state index in [9.17, 15) is 9.59 Å². The summed E-state index contributed by atoms with van der Waals surface area (Å²) >= 11 is 1.15. The molecule has 156 valence electrons. The van der Waals surface area contributed by atoms with E-state index in [-0.39, 0.29) is 17.9 Å². The van der Waals surface area contributed by atoms with Crippen molar-refractivity contribution in [2.45, 2.75) is 25.3 Å². The van der Waals surface area contributed by atoms with Gasteiger partial charge in [0, 0.05) is 37.3 Å². The molecule has 1 saturated heterocycles. The molecule has 1 atom stereocenters. The molecule has 1 aliphatic rings. The lowest BCUT2D eigenvalue weighted by Crippen LogP contribution is -2.38. The molecular formula is C22H24N4O3S. The molecule has 0 radical (unpaired) electrons. The third-order valence-corrected chi connectivity index (χ3v) is 6.23. The number of benzene rings is 2. The Balaban J connectivity index is 1.42. The van der Waals surface area contributed by atoms with Crippen LogP contribution in [0.4, 0.5) is 0 Å². The Labute approximate surface area is 179 Å². The van der Waals surface area contributed by atoms with Crippen LogP contribution in [-0.2, 0) is 0 Å². The minimum atomic E-state index is -0.0276. The van der Waals surface area contributed by atoms with Gasteiger partial charge in [0.15, 0.2) is 0 Å². The number of amides is 2. The minimum absolute atomic E-state index is 0.00678. The zero-order chi connectivity index (χ0) is 21.1. The average Bonchev–Trinajstić information content (AvgIpc) is 3.12. The van der Waals surface area contributed by atoms with Gasteiger partial charge in [0.1, 0.15) is 16.8 Å². The lowest BCUT2D eigenvalue weighted by molar-refractivity contribution is 0.0710. The van der Waals surface area contributed by atoms with E-state index in [1.807, 2.05) is 42.3 Å². The van der Waals surface area contributed by atoms with Crippen molar-refractivity contribution in [3.8, 4) is 5.75 Å². The van der Waals surface area contributed by atoms with E-state index in [1.54, 1.807) is 24.1 Å². The Hall–Kier alpha value is -3.00. The van der Waals surface area contributed by atoms with Crippen molar-refractivity contribution in [2.75, 3.05) is 27.2 Å². The van der Waals surface area contributed by atoms with Gasteiger partial charge < -0.3 is 14.5 Å². The molecule has 0 aliphatic carbocycles. The Morgan fingerprint density at radius 2 is 1.90 bits per heavy atom. The topological polar surface area (TPSA) is 75.6 Å². The number of rotatable bonds is 4. The fourth-order valence-electron chi connectivity index (χ4n) is 3.89. The molecule has 2 heterocycles. The number of aromatic nitrogens is 2. The third kappa shape index (κ3) is 4.14. The molecule has 0 N–H and O–H groups in total. The predicted molar refractivity (Wildman–Crippen MR) is 116 cm³/mol. The van der Waals surface area contributed by atoms with Crippen LogP contribution in [0.25, 0.3) is 11.0 Å². The van der Waals surface area contributed by atoms with E-state index >= 15 is 0 Å². The van der Waals surface area contributed by atoms with Gasteiger partial charge in [-0.25, -0.2) is 0 Å². The van der Waals surface area contributed by atoms with Crippen molar-refractivity contribution < 1.29 is 14.3 Å². The molecule has 1 aliphatic heterocycles. The van der Waals surface area contributed by atoms with Crippen molar-refractivity contribution in [1.82, 2.24) is 18.5 Å². The summed E-state index contributed by atoms with van der Waals surface area (Å²) in [7, 11) is 3.43. The van der Waals surface area contributed by atoms with Crippen LogP contribution < -0.4 is 4.74 Å². The highest BCUT2D eigenvalue weighted by Gasteiger charge is 2.27. The monoisotopic (exact) mass is 424 g/mol. The molecule has 1 unspecified atom stereocenters. The van der Waals surface area contributed by atoms with Crippen molar-refractivity contribution in [1.29, 1.82) is 0 Å². The number of carbonyl (C=O) groups is 2. The number of fused-ring (bicyclic) bond motifs is 1. The quantitative estimate of drug-likeness (QED) is 0.641. The smallest absolute Gasteiger partial charge is 0.253 e. The molecule has 2 aromatic carbocycles. The Bertz CT molecular complexity index is 1070. The average molecular weight is 425 g/mol. The first-order valence-electron chi connectivity index (χ1n) is 9.99. The van der Waals surface area contributed by atoms with Gasteiger partial charge in [-0.2, -0.15) is 8.75 Å². The van der Waals surface area contributed by atoms with Crippen molar-refractivity contribution in [3.63, 3.8) is 0 Å². The van der Waals surface area contributed by atoms with Crippen LogP contribution in [-0.4, -0.2) is 63.7 Å². The number of hydrogen-bond donors (Lipinski definition) is 0. The second-order valence-corrected chi connectivity index (χ2v) is 8.02. The fraction of sp³-hybridized carbons (Fsp3) is 0.364. The highest BCUT2D eigenvalue weighted by atomic mass is 32.1. The van der Waals surface area contributed by atoms with Crippen LogP contribution in [0, 0.1) is 0 Å². The summed E-state index contributed by atoms with van der Waals surface area (Å²) in [5.41, 5.74) is 2.81. The number of nitrogens with zero attached hydrogens (tertiary/aromatic N) is 4. The van der Waals surface area contributed by atoms with Gasteiger partial charge in [0.2, 0.25) is 0 Å². The third-order valence-electron chi connectivity index (χ3n) is 5.67. The molecule has 4 rings (SSSR count). The maximum atomic E-state index is 13.0. The minimum Gasteiger partial charge on any atom is -0.497 e. The summed E-state index contributed by atoms with van der Waals surface area (Å²) in [5, 5.41) is 0. The number of ether oxygens (including phenoxy) is 1. The molecule has 3 aromatic rings. The van der Waals surface area contributed by atoms with E-state index in [2.05, 4.69) is 8.75 Å². The van der Waals surface area contributed by atoms with Gasteiger partial charge >= 0.3 is 0 Å². The van der Waals surface area contributed by atoms with E-state index in [0.717, 1.165) is 42.0 Å². The standard InChI is InChI=1S/C22H24N4O3S/c1-25(21(27)15-5-3-7-18(13-15)29-2)17-6-4-11-26(12-10-17)22(28)16-8-9-19-20(14-16)24-30-23-19/h3,5,7-9,13-14,17H,4,6,10-12H2,1-2H3. The van der Waals surface area contributed by atoms with E-state index in [1.165, 1.54) is 0 Å². The molecule has 2 amide bonds. The normalized spacial score (nSPS) is 16.9. The van der Waals surface area contributed by atoms with Gasteiger partial charge in [-0.05, 0) is 55.7 Å². The largest absolute Gasteiger partial charge is 0.497 e. The van der Waals surface area contributed by atoms with Crippen LogP contribution in [0.2, 0.25) is 0 Å². The number of likely N-dealkylation sites (tertiary alicyclic amines) is 1. The first kappa shape index (κ1) is 20.3. The molecule has 0 saturated carbocycles. The van der Waals surface area contributed by atoms with Gasteiger partial charge in [0.25, 0.3) is 11.8 Å². The number of methoxy groups -OCH3 is 1. The summed E-state index contributed by atoms with van der Waals surface area (Å²) in [4.78, 5) is 29.6. The lowest BCUT2D eigenvalue weighted by atomic mass is 10.1. The van der Waals surface area contributed by atoms with E-state index in [0.29, 0.717) is 30.0 Å². The highest BCUT2D eigenvalue weighted by molar-refractivity contribution is 7.00. The Morgan fingerprint density at radius 3 is 2.73 bits per heavy atom.